The Bertz CT molecular complexity index is 1180. The molecule has 1 saturated heterocycles. The maximum atomic E-state index is 12.6. The quantitative estimate of drug-likeness (QED) is 0.250. The summed E-state index contributed by atoms with van der Waals surface area (Å²) in [4.78, 5) is 36.3. The predicted octanol–water partition coefficient (Wildman–Crippen LogP) is 3.33. The molecule has 3 rings (SSSR count). The van der Waals surface area contributed by atoms with Gasteiger partial charge in [-0.1, -0.05) is 19.9 Å². The molecule has 2 atom stereocenters. The van der Waals surface area contributed by atoms with Crippen LogP contribution >= 0.6 is 0 Å². The zero-order chi connectivity index (χ0) is 25.0. The number of ether oxygens (including phenoxy) is 1. The Kier molecular flexibility index (Phi) is 7.55. The lowest BCUT2D eigenvalue weighted by atomic mass is 9.92. The minimum absolute atomic E-state index is 0.0881. The van der Waals surface area contributed by atoms with E-state index in [0.29, 0.717) is 24.9 Å². The number of nitro groups is 1. The maximum Gasteiger partial charge on any atom is 0.339 e. The number of hydrogen-bond donors (Lipinski definition) is 0. The summed E-state index contributed by atoms with van der Waals surface area (Å²) in [7, 11) is -4.35. The summed E-state index contributed by atoms with van der Waals surface area (Å²) in [5, 5.41) is 11.0. The van der Waals surface area contributed by atoms with Gasteiger partial charge in [0.1, 0.15) is 10.6 Å². The molecule has 2 aromatic rings. The number of amides is 1. The van der Waals surface area contributed by atoms with Gasteiger partial charge < -0.3 is 13.8 Å². The molecule has 0 radical (unpaired) electrons. The van der Waals surface area contributed by atoms with Crippen LogP contribution in [-0.2, 0) is 19.6 Å². The zero-order valence-electron chi connectivity index (χ0n) is 19.1. The Morgan fingerprint density at radius 1 is 1.09 bits per heavy atom. The lowest BCUT2D eigenvalue weighted by Gasteiger charge is -2.34. The number of piperidine rings is 1. The minimum atomic E-state index is -4.35. The second-order valence-electron chi connectivity index (χ2n) is 8.59. The maximum absolute atomic E-state index is 12.6. The van der Waals surface area contributed by atoms with E-state index in [1.807, 2.05) is 0 Å². The number of nitro benzene ring substituents is 1. The largest absolute Gasteiger partial charge is 0.452 e. The van der Waals surface area contributed by atoms with Crippen molar-refractivity contribution in [1.82, 2.24) is 4.90 Å². The summed E-state index contributed by atoms with van der Waals surface area (Å²) in [5.74, 6) is -0.300. The van der Waals surface area contributed by atoms with Crippen molar-refractivity contribution >= 4 is 27.7 Å². The van der Waals surface area contributed by atoms with Crippen molar-refractivity contribution in [2.24, 2.45) is 11.8 Å². The van der Waals surface area contributed by atoms with Crippen LogP contribution in [0.15, 0.2) is 47.4 Å². The number of carbonyl (C=O) groups is 2. The third kappa shape index (κ3) is 6.10. The molecule has 0 N–H and O–H groups in total. The summed E-state index contributed by atoms with van der Waals surface area (Å²) in [6.45, 7) is 6.53. The molecule has 2 aromatic carbocycles. The smallest absolute Gasteiger partial charge is 0.339 e. The van der Waals surface area contributed by atoms with Crippen LogP contribution in [-0.4, -0.2) is 49.8 Å². The molecule has 0 aliphatic carbocycles. The van der Waals surface area contributed by atoms with Crippen molar-refractivity contribution < 1.29 is 31.9 Å². The highest BCUT2D eigenvalue weighted by Gasteiger charge is 2.26. The Hall–Kier alpha value is -3.47. The van der Waals surface area contributed by atoms with Crippen molar-refractivity contribution in [1.29, 1.82) is 0 Å². The first-order chi connectivity index (χ1) is 16.0. The SMILES string of the molecule is Cc1ccc([N+](=O)[O-])cc1S(=O)(=O)Oc1ccc(C(=O)OCC(=O)N2C[C@H](C)C[C@H](C)C2)cc1. The van der Waals surface area contributed by atoms with Gasteiger partial charge in [0.2, 0.25) is 0 Å². The number of likely N-dealkylation sites (tertiary alicyclic amines) is 1. The number of rotatable bonds is 7. The molecule has 0 bridgehead atoms. The van der Waals surface area contributed by atoms with Crippen molar-refractivity contribution in [3.8, 4) is 5.75 Å². The Labute approximate surface area is 197 Å². The van der Waals surface area contributed by atoms with Gasteiger partial charge in [-0.2, -0.15) is 8.42 Å². The Balaban J connectivity index is 1.62. The highest BCUT2D eigenvalue weighted by Crippen LogP contribution is 2.26. The topological polar surface area (TPSA) is 133 Å². The molecule has 1 amide bonds. The molecule has 1 fully saturated rings. The van der Waals surface area contributed by atoms with E-state index in [2.05, 4.69) is 13.8 Å². The first kappa shape index (κ1) is 25.2. The number of non-ortho nitro benzene ring substituents is 1. The number of esters is 1. The second kappa shape index (κ2) is 10.2. The van der Waals surface area contributed by atoms with Crippen LogP contribution in [0.5, 0.6) is 5.75 Å². The van der Waals surface area contributed by atoms with Gasteiger partial charge in [0.25, 0.3) is 11.6 Å². The summed E-state index contributed by atoms with van der Waals surface area (Å²) in [6, 6.07) is 8.59. The van der Waals surface area contributed by atoms with Crippen LogP contribution in [0.25, 0.3) is 0 Å². The van der Waals surface area contributed by atoms with Crippen LogP contribution in [0.3, 0.4) is 0 Å². The van der Waals surface area contributed by atoms with E-state index in [-0.39, 0.29) is 40.0 Å². The molecule has 1 heterocycles. The summed E-state index contributed by atoms with van der Waals surface area (Å²) >= 11 is 0. The van der Waals surface area contributed by atoms with Crippen LogP contribution in [0.2, 0.25) is 0 Å². The van der Waals surface area contributed by atoms with E-state index in [1.165, 1.54) is 43.3 Å². The van der Waals surface area contributed by atoms with Crippen LogP contribution in [0.4, 0.5) is 5.69 Å². The standard InChI is InChI=1S/C23H26N2O8S/c1-15-10-16(2)13-24(12-15)22(26)14-32-23(27)18-5-8-20(9-6-18)33-34(30,31)21-11-19(25(28)29)7-4-17(21)3/h4-9,11,15-16H,10,12-14H2,1-3H3/t15-,16+. The number of nitrogens with zero attached hydrogens (tertiary/aromatic N) is 2. The number of hydrogen-bond acceptors (Lipinski definition) is 8. The summed E-state index contributed by atoms with van der Waals surface area (Å²) < 4.78 is 35.4. The zero-order valence-corrected chi connectivity index (χ0v) is 19.9. The third-order valence-corrected chi connectivity index (χ3v) is 6.89. The van der Waals surface area contributed by atoms with Gasteiger partial charge in [0.05, 0.1) is 10.5 Å². The first-order valence-electron chi connectivity index (χ1n) is 10.7. The van der Waals surface area contributed by atoms with Gasteiger partial charge in [-0.25, -0.2) is 4.79 Å². The molecular weight excluding hydrogens is 464 g/mol. The van der Waals surface area contributed by atoms with E-state index in [9.17, 15) is 28.1 Å². The Morgan fingerprint density at radius 2 is 1.71 bits per heavy atom. The Morgan fingerprint density at radius 3 is 2.29 bits per heavy atom. The van der Waals surface area contributed by atoms with E-state index in [0.717, 1.165) is 12.5 Å². The van der Waals surface area contributed by atoms with Crippen LogP contribution < -0.4 is 4.18 Å². The average molecular weight is 491 g/mol. The minimum Gasteiger partial charge on any atom is -0.452 e. The van der Waals surface area contributed by atoms with Gasteiger partial charge in [0, 0.05) is 25.2 Å². The van der Waals surface area contributed by atoms with Crippen LogP contribution in [0.1, 0.15) is 36.2 Å². The fraction of sp³-hybridized carbons (Fsp3) is 0.391. The number of benzene rings is 2. The fourth-order valence-electron chi connectivity index (χ4n) is 3.96. The van der Waals surface area contributed by atoms with Crippen molar-refractivity contribution in [2.75, 3.05) is 19.7 Å². The van der Waals surface area contributed by atoms with E-state index in [1.54, 1.807) is 4.90 Å². The highest BCUT2D eigenvalue weighted by atomic mass is 32.2. The van der Waals surface area contributed by atoms with Crippen molar-refractivity contribution in [2.45, 2.75) is 32.1 Å². The van der Waals surface area contributed by atoms with E-state index >= 15 is 0 Å². The average Bonchev–Trinajstić information content (AvgIpc) is 2.76. The molecule has 0 aromatic heterocycles. The predicted molar refractivity (Wildman–Crippen MR) is 122 cm³/mol. The number of carbonyl (C=O) groups excluding carboxylic acids is 2. The molecule has 10 nitrogen and oxygen atoms in total. The van der Waals surface area contributed by atoms with Crippen molar-refractivity contribution in [3.63, 3.8) is 0 Å². The van der Waals surface area contributed by atoms with Crippen LogP contribution in [0, 0.1) is 28.9 Å². The monoisotopic (exact) mass is 490 g/mol. The van der Waals surface area contributed by atoms with Gasteiger partial charge in [-0.3, -0.25) is 14.9 Å². The van der Waals surface area contributed by atoms with Gasteiger partial charge >= 0.3 is 16.1 Å². The summed E-state index contributed by atoms with van der Waals surface area (Å²) in [5.41, 5.74) is 0.0197. The highest BCUT2D eigenvalue weighted by molar-refractivity contribution is 7.87. The summed E-state index contributed by atoms with van der Waals surface area (Å²) in [6.07, 6.45) is 1.05. The molecule has 0 spiro atoms. The molecular formula is C23H26N2O8S. The third-order valence-electron chi connectivity index (χ3n) is 5.50. The lowest BCUT2D eigenvalue weighted by Crippen LogP contribution is -2.44. The lowest BCUT2D eigenvalue weighted by molar-refractivity contribution is -0.385. The molecule has 0 unspecified atom stereocenters. The molecule has 11 heteroatoms. The van der Waals surface area contributed by atoms with Crippen molar-refractivity contribution in [3.05, 3.63) is 63.7 Å². The molecule has 34 heavy (non-hydrogen) atoms. The van der Waals surface area contributed by atoms with E-state index < -0.39 is 21.0 Å². The normalized spacial score (nSPS) is 18.3. The second-order valence-corrected chi connectivity index (χ2v) is 10.1. The van der Waals surface area contributed by atoms with Gasteiger partial charge in [0.15, 0.2) is 6.61 Å². The molecule has 182 valence electrons. The van der Waals surface area contributed by atoms with Gasteiger partial charge in [-0.15, -0.1) is 0 Å². The number of aryl methyl sites for hydroxylation is 1. The van der Waals surface area contributed by atoms with E-state index in [4.69, 9.17) is 8.92 Å². The van der Waals surface area contributed by atoms with Gasteiger partial charge in [-0.05, 0) is 55.0 Å². The fourth-order valence-corrected chi connectivity index (χ4v) is 5.14. The molecule has 1 aliphatic heterocycles. The molecule has 0 saturated carbocycles. The molecule has 1 aliphatic rings. The first-order valence-corrected chi connectivity index (χ1v) is 12.1.